The van der Waals surface area contributed by atoms with Gasteiger partial charge < -0.3 is 24.7 Å². The van der Waals surface area contributed by atoms with Crippen molar-refractivity contribution < 1.29 is 18.9 Å². The van der Waals surface area contributed by atoms with Crippen LogP contribution in [0.1, 0.15) is 12.5 Å². The molecule has 18 heavy (non-hydrogen) atoms. The molecule has 1 rings (SSSR count). The molecule has 0 atom stereocenters. The zero-order valence-corrected chi connectivity index (χ0v) is 11.2. The van der Waals surface area contributed by atoms with Crippen molar-refractivity contribution in [1.29, 1.82) is 0 Å². The second-order valence-electron chi connectivity index (χ2n) is 3.58. The van der Waals surface area contributed by atoms with Gasteiger partial charge in [-0.1, -0.05) is 0 Å². The molecule has 1 aromatic rings. The summed E-state index contributed by atoms with van der Waals surface area (Å²) in [5, 5.41) is 0. The third kappa shape index (κ3) is 3.78. The Morgan fingerprint density at radius 2 is 1.67 bits per heavy atom. The van der Waals surface area contributed by atoms with Crippen molar-refractivity contribution in [2.45, 2.75) is 13.5 Å². The Balaban J connectivity index is 2.85. The Morgan fingerprint density at radius 1 is 1.06 bits per heavy atom. The Bertz CT molecular complexity index is 343. The number of ether oxygens (including phenoxy) is 4. The van der Waals surface area contributed by atoms with Gasteiger partial charge in [0.2, 0.25) is 5.75 Å². The molecule has 102 valence electrons. The van der Waals surface area contributed by atoms with Gasteiger partial charge in [-0.2, -0.15) is 0 Å². The van der Waals surface area contributed by atoms with Gasteiger partial charge in [-0.15, -0.1) is 0 Å². The van der Waals surface area contributed by atoms with E-state index >= 15 is 0 Å². The van der Waals surface area contributed by atoms with Crippen molar-refractivity contribution in [3.05, 3.63) is 17.7 Å². The smallest absolute Gasteiger partial charge is 0.203 e. The standard InChI is InChI=1S/C13H21NO4/c1-4-17-5-6-18-13-11(15-2)7-10(9-14)8-12(13)16-3/h7-8H,4-6,9,14H2,1-3H3. The monoisotopic (exact) mass is 255 g/mol. The average molecular weight is 255 g/mol. The molecule has 0 aliphatic carbocycles. The highest BCUT2D eigenvalue weighted by molar-refractivity contribution is 5.53. The van der Waals surface area contributed by atoms with Crippen LogP contribution in [0, 0.1) is 0 Å². The molecule has 0 bridgehead atoms. The quantitative estimate of drug-likeness (QED) is 0.714. The Hall–Kier alpha value is -1.46. The molecule has 0 saturated carbocycles. The lowest BCUT2D eigenvalue weighted by Gasteiger charge is -2.15. The summed E-state index contributed by atoms with van der Waals surface area (Å²) in [6, 6.07) is 3.69. The third-order valence-corrected chi connectivity index (χ3v) is 2.43. The van der Waals surface area contributed by atoms with Crippen LogP contribution in [0.25, 0.3) is 0 Å². The topological polar surface area (TPSA) is 62.9 Å². The molecule has 0 amide bonds. The molecular weight excluding hydrogens is 234 g/mol. The summed E-state index contributed by atoms with van der Waals surface area (Å²) < 4.78 is 21.4. The van der Waals surface area contributed by atoms with Crippen molar-refractivity contribution in [2.75, 3.05) is 34.0 Å². The average Bonchev–Trinajstić information content (AvgIpc) is 2.42. The Kier molecular flexibility index (Phi) is 6.32. The van der Waals surface area contributed by atoms with E-state index in [4.69, 9.17) is 24.7 Å². The molecule has 0 aliphatic rings. The fraction of sp³-hybridized carbons (Fsp3) is 0.538. The first kappa shape index (κ1) is 14.6. The molecule has 1 aromatic carbocycles. The SMILES string of the molecule is CCOCCOc1c(OC)cc(CN)cc1OC. The maximum Gasteiger partial charge on any atom is 0.203 e. The van der Waals surface area contributed by atoms with Crippen molar-refractivity contribution >= 4 is 0 Å². The predicted molar refractivity (Wildman–Crippen MR) is 69.4 cm³/mol. The highest BCUT2D eigenvalue weighted by Gasteiger charge is 2.13. The molecule has 0 aliphatic heterocycles. The molecule has 0 heterocycles. The van der Waals surface area contributed by atoms with E-state index < -0.39 is 0 Å². The van der Waals surface area contributed by atoms with E-state index in [1.165, 1.54) is 0 Å². The van der Waals surface area contributed by atoms with Crippen molar-refractivity contribution in [2.24, 2.45) is 5.73 Å². The zero-order valence-electron chi connectivity index (χ0n) is 11.2. The zero-order chi connectivity index (χ0) is 13.4. The van der Waals surface area contributed by atoms with Crippen LogP contribution in [0.3, 0.4) is 0 Å². The third-order valence-electron chi connectivity index (χ3n) is 2.43. The van der Waals surface area contributed by atoms with Gasteiger partial charge in [0.15, 0.2) is 11.5 Å². The van der Waals surface area contributed by atoms with E-state index in [1.54, 1.807) is 14.2 Å². The minimum Gasteiger partial charge on any atom is -0.493 e. The summed E-state index contributed by atoms with van der Waals surface area (Å²) in [5.74, 6) is 1.81. The highest BCUT2D eigenvalue weighted by Crippen LogP contribution is 2.38. The molecule has 0 fully saturated rings. The van der Waals surface area contributed by atoms with Crippen molar-refractivity contribution in [3.63, 3.8) is 0 Å². The molecule has 0 unspecified atom stereocenters. The summed E-state index contributed by atoms with van der Waals surface area (Å²) in [4.78, 5) is 0. The fourth-order valence-electron chi connectivity index (χ4n) is 1.54. The maximum absolute atomic E-state index is 5.64. The van der Waals surface area contributed by atoms with E-state index in [0.29, 0.717) is 43.6 Å². The minimum atomic E-state index is 0.423. The number of rotatable bonds is 8. The summed E-state index contributed by atoms with van der Waals surface area (Å²) in [5.41, 5.74) is 6.55. The van der Waals surface area contributed by atoms with E-state index in [2.05, 4.69) is 0 Å². The van der Waals surface area contributed by atoms with Gasteiger partial charge in [0.05, 0.1) is 20.8 Å². The van der Waals surface area contributed by atoms with E-state index in [1.807, 2.05) is 19.1 Å². The molecule has 5 heteroatoms. The summed E-state index contributed by atoms with van der Waals surface area (Å²) in [6.45, 7) is 4.01. The minimum absolute atomic E-state index is 0.423. The van der Waals surface area contributed by atoms with E-state index in [-0.39, 0.29) is 0 Å². The fourth-order valence-corrected chi connectivity index (χ4v) is 1.54. The Labute approximate surface area is 108 Å². The maximum atomic E-state index is 5.64. The highest BCUT2D eigenvalue weighted by atomic mass is 16.6. The molecule has 0 aromatic heterocycles. The predicted octanol–water partition coefficient (Wildman–Crippen LogP) is 1.58. The number of methoxy groups -OCH3 is 2. The van der Waals surface area contributed by atoms with Crippen LogP contribution in [0.2, 0.25) is 0 Å². The first-order chi connectivity index (χ1) is 8.76. The lowest BCUT2D eigenvalue weighted by molar-refractivity contribution is 0.107. The first-order valence-electron chi connectivity index (χ1n) is 5.92. The van der Waals surface area contributed by atoms with Gasteiger partial charge in [0.25, 0.3) is 0 Å². The van der Waals surface area contributed by atoms with Gasteiger partial charge in [-0.3, -0.25) is 0 Å². The normalized spacial score (nSPS) is 10.2. The van der Waals surface area contributed by atoms with Crippen molar-refractivity contribution in [3.8, 4) is 17.2 Å². The van der Waals surface area contributed by atoms with Crippen molar-refractivity contribution in [1.82, 2.24) is 0 Å². The van der Waals surface area contributed by atoms with E-state index in [0.717, 1.165) is 5.56 Å². The van der Waals surface area contributed by atoms with Crippen LogP contribution in [-0.2, 0) is 11.3 Å². The molecule has 2 N–H and O–H groups in total. The first-order valence-corrected chi connectivity index (χ1v) is 5.92. The van der Waals surface area contributed by atoms with E-state index in [9.17, 15) is 0 Å². The van der Waals surface area contributed by atoms with Crippen LogP contribution >= 0.6 is 0 Å². The molecule has 5 nitrogen and oxygen atoms in total. The van der Waals surface area contributed by atoms with Gasteiger partial charge in [0, 0.05) is 13.2 Å². The van der Waals surface area contributed by atoms with Crippen LogP contribution in [0.4, 0.5) is 0 Å². The number of hydrogen-bond acceptors (Lipinski definition) is 5. The second kappa shape index (κ2) is 7.79. The Morgan fingerprint density at radius 3 is 2.11 bits per heavy atom. The van der Waals surface area contributed by atoms with Gasteiger partial charge in [-0.25, -0.2) is 0 Å². The largest absolute Gasteiger partial charge is 0.493 e. The molecule has 0 spiro atoms. The summed E-state index contributed by atoms with van der Waals surface area (Å²) >= 11 is 0. The number of nitrogens with two attached hydrogens (primary N) is 1. The number of benzene rings is 1. The lowest BCUT2D eigenvalue weighted by atomic mass is 10.2. The number of hydrogen-bond donors (Lipinski definition) is 1. The molecular formula is C13H21NO4. The van der Waals surface area contributed by atoms with Gasteiger partial charge >= 0.3 is 0 Å². The van der Waals surface area contributed by atoms with Gasteiger partial charge in [0.1, 0.15) is 6.61 Å². The van der Waals surface area contributed by atoms with Crippen LogP contribution in [0.15, 0.2) is 12.1 Å². The van der Waals surface area contributed by atoms with Crippen LogP contribution < -0.4 is 19.9 Å². The van der Waals surface area contributed by atoms with Crippen LogP contribution in [0.5, 0.6) is 17.2 Å². The summed E-state index contributed by atoms with van der Waals surface area (Å²) in [7, 11) is 3.18. The molecule has 0 saturated heterocycles. The summed E-state index contributed by atoms with van der Waals surface area (Å²) in [6.07, 6.45) is 0. The van der Waals surface area contributed by atoms with Gasteiger partial charge in [-0.05, 0) is 24.6 Å². The van der Waals surface area contributed by atoms with Crippen LogP contribution in [-0.4, -0.2) is 34.0 Å². The second-order valence-corrected chi connectivity index (χ2v) is 3.58. The lowest BCUT2D eigenvalue weighted by Crippen LogP contribution is -2.08. The molecule has 0 radical (unpaired) electrons.